The molecule has 1 amide bonds. The van der Waals surface area contributed by atoms with Gasteiger partial charge in [0.15, 0.2) is 5.82 Å². The van der Waals surface area contributed by atoms with Crippen LogP contribution in [-0.4, -0.2) is 21.7 Å². The minimum absolute atomic E-state index is 0.0573. The highest BCUT2D eigenvalue weighted by Crippen LogP contribution is 2.26. The molecule has 0 bridgehead atoms. The zero-order valence-electron chi connectivity index (χ0n) is 9.70. The Morgan fingerprint density at radius 3 is 2.41 bits per heavy atom. The van der Waals surface area contributed by atoms with Crippen molar-refractivity contribution in [3.05, 3.63) is 18.1 Å². The average molecular weight is 367 g/mol. The van der Waals surface area contributed by atoms with Gasteiger partial charge in [-0.3, -0.25) is 10.3 Å². The van der Waals surface area contributed by atoms with Gasteiger partial charge in [-0.15, -0.1) is 0 Å². The molecule has 1 aromatic rings. The molecular formula is C10H13Br2N3O2. The summed E-state index contributed by atoms with van der Waals surface area (Å²) in [5.74, 6) is 0.351. The molecule has 5 nitrogen and oxygen atoms in total. The third-order valence-electron chi connectivity index (χ3n) is 1.52. The summed E-state index contributed by atoms with van der Waals surface area (Å²) in [5, 5.41) is 2.50. The van der Waals surface area contributed by atoms with Gasteiger partial charge in [-0.2, -0.15) is 0 Å². The van der Waals surface area contributed by atoms with Crippen molar-refractivity contribution in [2.75, 3.05) is 5.32 Å². The topological polar surface area (TPSA) is 64.1 Å². The second-order valence-corrected chi connectivity index (χ2v) is 7.31. The quantitative estimate of drug-likeness (QED) is 0.812. The molecule has 94 valence electrons. The molecular weight excluding hydrogens is 354 g/mol. The number of rotatable bonds is 2. The van der Waals surface area contributed by atoms with Crippen LogP contribution in [0.25, 0.3) is 0 Å². The van der Waals surface area contributed by atoms with E-state index in [0.717, 1.165) is 5.69 Å². The van der Waals surface area contributed by atoms with Gasteiger partial charge in [0, 0.05) is 0 Å². The van der Waals surface area contributed by atoms with Crippen molar-refractivity contribution in [1.29, 1.82) is 0 Å². The third kappa shape index (κ3) is 5.45. The van der Waals surface area contributed by atoms with Crippen LogP contribution in [0.15, 0.2) is 12.4 Å². The predicted octanol–water partition coefficient (Wildman–Crippen LogP) is 3.61. The Labute approximate surface area is 117 Å². The Kier molecular flexibility index (Phi) is 4.88. The van der Waals surface area contributed by atoms with Gasteiger partial charge in [-0.25, -0.2) is 9.78 Å². The Balaban J connectivity index is 2.61. The molecule has 0 aliphatic rings. The van der Waals surface area contributed by atoms with E-state index in [-0.39, 0.29) is 3.74 Å². The van der Waals surface area contributed by atoms with Gasteiger partial charge in [0.1, 0.15) is 9.34 Å². The summed E-state index contributed by atoms with van der Waals surface area (Å²) in [6, 6.07) is 0. The van der Waals surface area contributed by atoms with Crippen molar-refractivity contribution >= 4 is 43.8 Å². The van der Waals surface area contributed by atoms with Crippen LogP contribution in [0, 0.1) is 0 Å². The maximum Gasteiger partial charge on any atom is 0.413 e. The van der Waals surface area contributed by atoms with E-state index in [1.54, 1.807) is 27.0 Å². The van der Waals surface area contributed by atoms with Crippen molar-refractivity contribution < 1.29 is 9.53 Å². The molecule has 1 N–H and O–H groups in total. The molecule has 0 aromatic carbocycles. The molecule has 0 spiro atoms. The lowest BCUT2D eigenvalue weighted by Crippen LogP contribution is -2.27. The number of ether oxygens (including phenoxy) is 1. The highest BCUT2D eigenvalue weighted by atomic mass is 79.9. The van der Waals surface area contributed by atoms with Gasteiger partial charge < -0.3 is 4.74 Å². The number of nitrogens with zero attached hydrogens (tertiary/aromatic N) is 2. The van der Waals surface area contributed by atoms with E-state index in [4.69, 9.17) is 4.74 Å². The second-order valence-electron chi connectivity index (χ2n) is 4.25. The molecule has 0 fully saturated rings. The van der Waals surface area contributed by atoms with Crippen LogP contribution in [-0.2, 0) is 4.74 Å². The van der Waals surface area contributed by atoms with Crippen molar-refractivity contribution in [2.24, 2.45) is 0 Å². The Hall–Kier alpha value is -0.690. The Bertz CT molecular complexity index is 388. The lowest BCUT2D eigenvalue weighted by molar-refractivity contribution is 0.0635. The first kappa shape index (κ1) is 14.4. The van der Waals surface area contributed by atoms with E-state index in [0.29, 0.717) is 5.82 Å². The van der Waals surface area contributed by atoms with Crippen molar-refractivity contribution in [3.63, 3.8) is 0 Å². The Morgan fingerprint density at radius 1 is 1.35 bits per heavy atom. The zero-order valence-corrected chi connectivity index (χ0v) is 12.9. The number of amides is 1. The molecule has 1 aromatic heterocycles. The summed E-state index contributed by atoms with van der Waals surface area (Å²) in [6.45, 7) is 5.38. The molecule has 0 aliphatic carbocycles. The van der Waals surface area contributed by atoms with Crippen molar-refractivity contribution in [1.82, 2.24) is 9.97 Å². The number of alkyl halides is 2. The van der Waals surface area contributed by atoms with Crippen LogP contribution in [0.3, 0.4) is 0 Å². The maximum atomic E-state index is 11.4. The van der Waals surface area contributed by atoms with Gasteiger partial charge in [0.25, 0.3) is 0 Å². The van der Waals surface area contributed by atoms with Crippen LogP contribution in [0.5, 0.6) is 0 Å². The first-order chi connectivity index (χ1) is 7.78. The number of aromatic nitrogens is 2. The molecule has 0 radical (unpaired) electrons. The fraction of sp³-hybridized carbons (Fsp3) is 0.500. The number of nitrogens with one attached hydrogen (secondary N) is 1. The lowest BCUT2D eigenvalue weighted by Gasteiger charge is -2.19. The second kappa shape index (κ2) is 5.77. The van der Waals surface area contributed by atoms with Crippen LogP contribution < -0.4 is 5.32 Å². The molecule has 1 rings (SSSR count). The summed E-state index contributed by atoms with van der Waals surface area (Å²) in [5.41, 5.74) is 0.189. The number of carbonyl (C=O) groups is 1. The monoisotopic (exact) mass is 365 g/mol. The lowest BCUT2D eigenvalue weighted by atomic mass is 10.2. The summed E-state index contributed by atoms with van der Waals surface area (Å²) in [7, 11) is 0. The molecule has 0 unspecified atom stereocenters. The van der Waals surface area contributed by atoms with E-state index >= 15 is 0 Å². The number of anilines is 1. The van der Waals surface area contributed by atoms with Gasteiger partial charge in [0.05, 0.1) is 18.1 Å². The number of hydrogen-bond donors (Lipinski definition) is 1. The largest absolute Gasteiger partial charge is 0.444 e. The van der Waals surface area contributed by atoms with Crippen LogP contribution >= 0.6 is 31.9 Å². The predicted molar refractivity (Wildman–Crippen MR) is 72.5 cm³/mol. The molecule has 1 heterocycles. The normalized spacial score (nSPS) is 11.4. The van der Waals surface area contributed by atoms with Gasteiger partial charge >= 0.3 is 6.09 Å². The van der Waals surface area contributed by atoms with Crippen LogP contribution in [0.4, 0.5) is 10.6 Å². The average Bonchev–Trinajstić information content (AvgIpc) is 2.15. The third-order valence-corrected chi connectivity index (χ3v) is 2.46. The van der Waals surface area contributed by atoms with E-state index in [9.17, 15) is 4.79 Å². The van der Waals surface area contributed by atoms with E-state index in [1.807, 2.05) is 0 Å². The van der Waals surface area contributed by atoms with Crippen LogP contribution in [0.2, 0.25) is 0 Å². The van der Waals surface area contributed by atoms with Gasteiger partial charge in [-0.05, 0) is 20.8 Å². The minimum Gasteiger partial charge on any atom is -0.444 e. The molecule has 0 atom stereocenters. The van der Waals surface area contributed by atoms with Gasteiger partial charge in [-0.1, -0.05) is 31.9 Å². The minimum atomic E-state index is -0.547. The van der Waals surface area contributed by atoms with Gasteiger partial charge in [0.2, 0.25) is 0 Å². The first-order valence-electron chi connectivity index (χ1n) is 4.88. The smallest absolute Gasteiger partial charge is 0.413 e. The van der Waals surface area contributed by atoms with E-state index in [2.05, 4.69) is 47.1 Å². The molecule has 0 saturated heterocycles. The van der Waals surface area contributed by atoms with Crippen molar-refractivity contribution in [2.45, 2.75) is 30.1 Å². The highest BCUT2D eigenvalue weighted by Gasteiger charge is 2.16. The molecule has 0 saturated carbocycles. The fourth-order valence-electron chi connectivity index (χ4n) is 0.923. The van der Waals surface area contributed by atoms with E-state index in [1.165, 1.54) is 6.20 Å². The SMILES string of the molecule is CC(C)(C)OC(=O)Nc1cnc(C(Br)Br)cn1. The Morgan fingerprint density at radius 2 is 2.00 bits per heavy atom. The summed E-state index contributed by atoms with van der Waals surface area (Å²) < 4.78 is 5.03. The maximum absolute atomic E-state index is 11.4. The summed E-state index contributed by atoms with van der Waals surface area (Å²) in [6.07, 6.45) is 2.48. The number of halogens is 2. The molecule has 17 heavy (non-hydrogen) atoms. The number of carbonyl (C=O) groups excluding carboxylic acids is 1. The molecule has 0 aliphatic heterocycles. The zero-order chi connectivity index (χ0) is 13.1. The highest BCUT2D eigenvalue weighted by molar-refractivity contribution is 9.24. The molecule has 7 heteroatoms. The fourth-order valence-corrected chi connectivity index (χ4v) is 1.40. The van der Waals surface area contributed by atoms with Crippen molar-refractivity contribution in [3.8, 4) is 0 Å². The number of hydrogen-bond acceptors (Lipinski definition) is 4. The van der Waals surface area contributed by atoms with Crippen LogP contribution in [0.1, 0.15) is 30.2 Å². The standard InChI is InChI=1S/C10H13Br2N3O2/c1-10(2,3)17-9(16)15-7-5-13-6(4-14-7)8(11)12/h4-5,8H,1-3H3,(H,14,15,16). The summed E-state index contributed by atoms with van der Waals surface area (Å²) >= 11 is 6.60. The summed E-state index contributed by atoms with van der Waals surface area (Å²) in [4.78, 5) is 19.6. The van der Waals surface area contributed by atoms with E-state index < -0.39 is 11.7 Å². The first-order valence-corrected chi connectivity index (χ1v) is 6.71.